The van der Waals surface area contributed by atoms with Crippen molar-refractivity contribution in [3.8, 4) is 0 Å². The molecule has 8 heteroatoms. The van der Waals surface area contributed by atoms with Crippen LogP contribution in [-0.2, 0) is 13.2 Å². The number of hydrogen-bond donors (Lipinski definition) is 0. The lowest BCUT2D eigenvalue weighted by Gasteiger charge is -2.22. The zero-order valence-corrected chi connectivity index (χ0v) is 15.7. The quantitative estimate of drug-likeness (QED) is 0.711. The number of halogens is 4. The molecule has 0 saturated carbocycles. The van der Waals surface area contributed by atoms with Gasteiger partial charge in [-0.1, -0.05) is 11.6 Å². The van der Waals surface area contributed by atoms with Crippen LogP contribution in [0, 0.1) is 6.92 Å². The van der Waals surface area contributed by atoms with E-state index in [0.717, 1.165) is 17.6 Å². The number of hydrogen-bond acceptors (Lipinski definition) is 3. The maximum atomic E-state index is 13.3. The molecule has 0 amide bonds. The van der Waals surface area contributed by atoms with E-state index in [1.54, 1.807) is 6.26 Å². The second-order valence-corrected chi connectivity index (χ2v) is 6.49. The van der Waals surface area contributed by atoms with E-state index in [-0.39, 0.29) is 5.02 Å². The summed E-state index contributed by atoms with van der Waals surface area (Å²) in [5, 5.41) is -0.300. The van der Waals surface area contributed by atoms with E-state index < -0.39 is 11.7 Å². The van der Waals surface area contributed by atoms with Crippen LogP contribution in [0.5, 0.6) is 0 Å². The Morgan fingerprint density at radius 2 is 1.73 bits per heavy atom. The predicted molar refractivity (Wildman–Crippen MR) is 95.1 cm³/mol. The van der Waals surface area contributed by atoms with Crippen molar-refractivity contribution in [3.63, 3.8) is 0 Å². The molecule has 0 fully saturated rings. The molecule has 1 aromatic carbocycles. The highest BCUT2D eigenvalue weighted by atomic mass is 35.5. The standard InChI is InChI=1S/C18H20ClF3N3O/c1-5-24-14-7-12(18(20,21)22)13(19)8-15(14)25(6-2)16(24)9-17-23(4)11(3)10-26-17/h7-10H,5-6H2,1-4H3/q+1. The molecular formula is C18H20ClF3N3O+. The summed E-state index contributed by atoms with van der Waals surface area (Å²) in [5.41, 5.74) is 1.27. The van der Waals surface area contributed by atoms with Crippen molar-refractivity contribution in [3.05, 3.63) is 46.4 Å². The van der Waals surface area contributed by atoms with Crippen LogP contribution in [0.1, 0.15) is 31.0 Å². The smallest absolute Gasteiger partial charge is 0.406 e. The molecule has 140 valence electrons. The highest BCUT2D eigenvalue weighted by molar-refractivity contribution is 6.32. The number of rotatable bonds is 3. The molecule has 0 radical (unpaired) electrons. The van der Waals surface area contributed by atoms with Crippen molar-refractivity contribution in [1.29, 1.82) is 0 Å². The molecule has 0 saturated heterocycles. The van der Waals surface area contributed by atoms with Crippen molar-refractivity contribution in [2.24, 2.45) is 7.05 Å². The maximum absolute atomic E-state index is 13.3. The molecule has 3 rings (SSSR count). The molecule has 2 heterocycles. The van der Waals surface area contributed by atoms with Crippen LogP contribution in [0.15, 0.2) is 28.6 Å². The molecule has 0 N–H and O–H groups in total. The van der Waals surface area contributed by atoms with Gasteiger partial charge < -0.3 is 14.2 Å². The molecule has 4 nitrogen and oxygen atoms in total. The Balaban J connectivity index is 2.18. The van der Waals surface area contributed by atoms with E-state index in [1.807, 2.05) is 48.3 Å². The van der Waals surface area contributed by atoms with E-state index in [4.69, 9.17) is 16.0 Å². The zero-order valence-electron chi connectivity index (χ0n) is 15.0. The van der Waals surface area contributed by atoms with Crippen LogP contribution in [-0.4, -0.2) is 13.1 Å². The number of anilines is 2. The SMILES string of the molecule is CCN1C(=Cc2occ(C)[n+]2C)N(CC)c2cc(C(F)(F)F)c(Cl)cc21. The summed E-state index contributed by atoms with van der Waals surface area (Å²) in [7, 11) is 1.87. The van der Waals surface area contributed by atoms with E-state index >= 15 is 0 Å². The first kappa shape index (κ1) is 18.6. The number of oxazole rings is 1. The fourth-order valence-electron chi connectivity index (χ4n) is 3.13. The van der Waals surface area contributed by atoms with Crippen molar-refractivity contribution in [2.75, 3.05) is 22.9 Å². The maximum Gasteiger partial charge on any atom is 0.417 e. The van der Waals surface area contributed by atoms with Crippen LogP contribution in [0.2, 0.25) is 5.02 Å². The monoisotopic (exact) mass is 386 g/mol. The Labute approximate surface area is 155 Å². The fourth-order valence-corrected chi connectivity index (χ4v) is 3.40. The number of aryl methyl sites for hydroxylation is 1. The lowest BCUT2D eigenvalue weighted by molar-refractivity contribution is -0.682. The summed E-state index contributed by atoms with van der Waals surface area (Å²) in [5.74, 6) is 1.37. The second-order valence-electron chi connectivity index (χ2n) is 6.08. The summed E-state index contributed by atoms with van der Waals surface area (Å²) in [6, 6.07) is 2.51. The minimum Gasteiger partial charge on any atom is -0.406 e. The van der Waals surface area contributed by atoms with Gasteiger partial charge in [-0.05, 0) is 26.0 Å². The number of nitrogens with zero attached hydrogens (tertiary/aromatic N) is 3. The average Bonchev–Trinajstić information content (AvgIpc) is 3.03. The van der Waals surface area contributed by atoms with Gasteiger partial charge in [-0.25, -0.2) is 0 Å². The summed E-state index contributed by atoms with van der Waals surface area (Å²) >= 11 is 5.93. The number of aromatic nitrogens is 1. The lowest BCUT2D eigenvalue weighted by atomic mass is 10.1. The average molecular weight is 387 g/mol. The van der Waals surface area contributed by atoms with Gasteiger partial charge in [0.05, 0.1) is 28.0 Å². The molecule has 1 aliphatic heterocycles. The van der Waals surface area contributed by atoms with Crippen LogP contribution >= 0.6 is 11.6 Å². The molecule has 0 unspecified atom stereocenters. The van der Waals surface area contributed by atoms with Crippen molar-refractivity contribution >= 4 is 29.1 Å². The van der Waals surface area contributed by atoms with Crippen LogP contribution in [0.4, 0.5) is 24.5 Å². The number of fused-ring (bicyclic) bond motifs is 1. The van der Waals surface area contributed by atoms with Gasteiger partial charge in [-0.3, -0.25) is 0 Å². The Hall–Kier alpha value is -2.15. The zero-order chi connectivity index (χ0) is 19.2. The lowest BCUT2D eigenvalue weighted by Crippen LogP contribution is -2.34. The Morgan fingerprint density at radius 1 is 1.15 bits per heavy atom. The molecular weight excluding hydrogens is 367 g/mol. The first-order chi connectivity index (χ1) is 12.2. The minimum atomic E-state index is -4.50. The van der Waals surface area contributed by atoms with Crippen molar-refractivity contribution in [2.45, 2.75) is 26.9 Å². The molecule has 26 heavy (non-hydrogen) atoms. The normalized spacial score (nSPS) is 15.9. The highest BCUT2D eigenvalue weighted by Gasteiger charge is 2.38. The Kier molecular flexibility index (Phi) is 4.69. The second kappa shape index (κ2) is 6.54. The van der Waals surface area contributed by atoms with Gasteiger partial charge in [0.1, 0.15) is 12.9 Å². The molecule has 1 aliphatic rings. The molecule has 2 aromatic rings. The topological polar surface area (TPSA) is 23.5 Å². The van der Waals surface area contributed by atoms with E-state index in [9.17, 15) is 13.2 Å². The highest BCUT2D eigenvalue weighted by Crippen LogP contribution is 2.47. The third kappa shape index (κ3) is 2.94. The molecule has 0 bridgehead atoms. The third-order valence-electron chi connectivity index (χ3n) is 4.60. The summed E-state index contributed by atoms with van der Waals surface area (Å²) in [6.07, 6.45) is -1.03. The van der Waals surface area contributed by atoms with Crippen LogP contribution in [0.3, 0.4) is 0 Å². The fraction of sp³-hybridized carbons (Fsp3) is 0.389. The number of benzene rings is 1. The van der Waals surface area contributed by atoms with Crippen LogP contribution < -0.4 is 14.4 Å². The van der Waals surface area contributed by atoms with E-state index in [1.165, 1.54) is 6.07 Å². The van der Waals surface area contributed by atoms with Crippen molar-refractivity contribution in [1.82, 2.24) is 0 Å². The van der Waals surface area contributed by atoms with E-state index in [0.29, 0.717) is 30.4 Å². The van der Waals surface area contributed by atoms with Gasteiger partial charge in [0.15, 0.2) is 6.26 Å². The van der Waals surface area contributed by atoms with Gasteiger partial charge in [0, 0.05) is 20.0 Å². The number of alkyl halides is 3. The largest absolute Gasteiger partial charge is 0.417 e. The summed E-state index contributed by atoms with van der Waals surface area (Å²) < 4.78 is 47.3. The van der Waals surface area contributed by atoms with Crippen molar-refractivity contribution < 1.29 is 22.2 Å². The third-order valence-corrected chi connectivity index (χ3v) is 4.91. The van der Waals surface area contributed by atoms with E-state index in [2.05, 4.69) is 0 Å². The van der Waals surface area contributed by atoms with Gasteiger partial charge in [0.25, 0.3) is 0 Å². The molecule has 0 spiro atoms. The predicted octanol–water partition coefficient (Wildman–Crippen LogP) is 4.75. The van der Waals surface area contributed by atoms with Crippen LogP contribution in [0.25, 0.3) is 6.08 Å². The Morgan fingerprint density at radius 3 is 2.19 bits per heavy atom. The molecule has 1 aromatic heterocycles. The van der Waals surface area contributed by atoms with Gasteiger partial charge >= 0.3 is 12.1 Å². The first-order valence-corrected chi connectivity index (χ1v) is 8.68. The minimum absolute atomic E-state index is 0.300. The first-order valence-electron chi connectivity index (χ1n) is 8.30. The summed E-state index contributed by atoms with van der Waals surface area (Å²) in [6.45, 7) is 6.85. The summed E-state index contributed by atoms with van der Waals surface area (Å²) in [4.78, 5) is 3.77. The molecule has 0 atom stereocenters. The molecule has 0 aliphatic carbocycles. The van der Waals surface area contributed by atoms with Gasteiger partial charge in [0.2, 0.25) is 5.69 Å². The Bertz CT molecular complexity index is 873. The van der Waals surface area contributed by atoms with Gasteiger partial charge in [-0.2, -0.15) is 17.7 Å². The van der Waals surface area contributed by atoms with Gasteiger partial charge in [-0.15, -0.1) is 0 Å².